The molecule has 0 amide bonds. The summed E-state index contributed by atoms with van der Waals surface area (Å²) >= 11 is 6.95. The van der Waals surface area contributed by atoms with E-state index in [1.165, 1.54) is 25.7 Å². The van der Waals surface area contributed by atoms with E-state index < -0.39 is 6.04 Å². The molecule has 34 heavy (non-hydrogen) atoms. The first-order valence-corrected chi connectivity index (χ1v) is 10.9. The molecule has 0 aliphatic carbocycles. The van der Waals surface area contributed by atoms with Crippen LogP contribution in [0.15, 0.2) is 76.7 Å². The number of fused-ring (bicyclic) bond motifs is 2. The van der Waals surface area contributed by atoms with Gasteiger partial charge < -0.3 is 15.0 Å². The quantitative estimate of drug-likeness (QED) is 0.391. The lowest BCUT2D eigenvalue weighted by molar-refractivity contribution is 0.419. The zero-order chi connectivity index (χ0) is 23.8. The minimum Gasteiger partial charge on any atom is -0.496 e. The van der Waals surface area contributed by atoms with E-state index in [0.29, 0.717) is 49.8 Å². The van der Waals surface area contributed by atoms with Gasteiger partial charge in [-0.05, 0) is 25.1 Å². The molecule has 0 saturated carbocycles. The number of nitrogens with one attached hydrogen (secondary N) is 2. The third-order valence-corrected chi connectivity index (χ3v) is 6.09. The van der Waals surface area contributed by atoms with Crippen molar-refractivity contribution in [2.75, 3.05) is 12.4 Å². The molecule has 170 valence electrons. The second kappa shape index (κ2) is 8.64. The molecule has 0 spiro atoms. The number of aromatic amines is 1. The Labute approximate surface area is 198 Å². The van der Waals surface area contributed by atoms with Gasteiger partial charge in [-0.25, -0.2) is 9.97 Å². The number of hydrogen-bond donors (Lipinski definition) is 2. The topological polar surface area (TPSA) is 102 Å². The average molecular weight is 474 g/mol. The van der Waals surface area contributed by atoms with Crippen LogP contribution >= 0.6 is 11.6 Å². The number of rotatable bonds is 5. The summed E-state index contributed by atoms with van der Waals surface area (Å²) in [7, 11) is 1.52. The van der Waals surface area contributed by atoms with Crippen LogP contribution in [0.1, 0.15) is 18.7 Å². The van der Waals surface area contributed by atoms with Crippen LogP contribution in [-0.4, -0.2) is 26.6 Å². The first kappa shape index (κ1) is 21.7. The molecule has 3 aromatic heterocycles. The molecule has 0 unspecified atom stereocenters. The molecule has 2 N–H and O–H groups in total. The van der Waals surface area contributed by atoms with Crippen molar-refractivity contribution in [2.45, 2.75) is 13.0 Å². The summed E-state index contributed by atoms with van der Waals surface area (Å²) < 4.78 is 7.04. The zero-order valence-corrected chi connectivity index (χ0v) is 19.1. The van der Waals surface area contributed by atoms with Gasteiger partial charge in [-0.1, -0.05) is 41.9 Å². The van der Waals surface area contributed by atoms with Crippen molar-refractivity contribution < 1.29 is 4.74 Å². The number of methoxy groups -OCH3 is 1. The van der Waals surface area contributed by atoms with E-state index in [-0.39, 0.29) is 11.0 Å². The van der Waals surface area contributed by atoms with Gasteiger partial charge in [0.1, 0.15) is 28.9 Å². The summed E-state index contributed by atoms with van der Waals surface area (Å²) in [4.78, 5) is 37.7. The van der Waals surface area contributed by atoms with Crippen LogP contribution in [0.4, 0.5) is 5.82 Å². The Morgan fingerprint density at radius 3 is 2.59 bits per heavy atom. The van der Waals surface area contributed by atoms with Gasteiger partial charge in [-0.2, -0.15) is 0 Å². The number of aromatic nitrogens is 4. The summed E-state index contributed by atoms with van der Waals surface area (Å²) in [6, 6.07) is 15.5. The van der Waals surface area contributed by atoms with Crippen molar-refractivity contribution in [1.82, 2.24) is 19.5 Å². The van der Waals surface area contributed by atoms with Gasteiger partial charge in [-0.15, -0.1) is 0 Å². The third-order valence-electron chi connectivity index (χ3n) is 5.69. The van der Waals surface area contributed by atoms with Crippen LogP contribution < -0.4 is 21.0 Å². The van der Waals surface area contributed by atoms with E-state index in [1.807, 2.05) is 37.3 Å². The molecule has 0 radical (unpaired) electrons. The zero-order valence-electron chi connectivity index (χ0n) is 18.4. The van der Waals surface area contributed by atoms with E-state index >= 15 is 0 Å². The summed E-state index contributed by atoms with van der Waals surface area (Å²) in [5.41, 5.74) is 1.09. The van der Waals surface area contributed by atoms with Gasteiger partial charge >= 0.3 is 0 Å². The highest BCUT2D eigenvalue weighted by molar-refractivity contribution is 6.36. The monoisotopic (exact) mass is 473 g/mol. The van der Waals surface area contributed by atoms with E-state index in [2.05, 4.69) is 20.3 Å². The number of anilines is 1. The molecule has 0 aliphatic heterocycles. The highest BCUT2D eigenvalue weighted by Gasteiger charge is 2.24. The highest BCUT2D eigenvalue weighted by atomic mass is 35.5. The first-order chi connectivity index (χ1) is 16.5. The minimum atomic E-state index is -0.506. The van der Waals surface area contributed by atoms with Crippen molar-refractivity contribution in [3.8, 4) is 11.4 Å². The normalized spacial score (nSPS) is 12.1. The van der Waals surface area contributed by atoms with Gasteiger partial charge in [0, 0.05) is 23.3 Å². The molecule has 0 saturated heterocycles. The van der Waals surface area contributed by atoms with Crippen molar-refractivity contribution in [3.05, 3.63) is 98.4 Å². The van der Waals surface area contributed by atoms with Crippen LogP contribution in [0.25, 0.3) is 27.5 Å². The van der Waals surface area contributed by atoms with Gasteiger partial charge in [0.2, 0.25) is 0 Å². The van der Waals surface area contributed by atoms with Crippen molar-refractivity contribution >= 4 is 39.2 Å². The molecule has 0 fully saturated rings. The number of para-hydroxylation sites is 1. The lowest BCUT2D eigenvalue weighted by atomic mass is 10.1. The van der Waals surface area contributed by atoms with Gasteiger partial charge in [0.05, 0.1) is 29.3 Å². The van der Waals surface area contributed by atoms with Crippen molar-refractivity contribution in [1.29, 1.82) is 0 Å². The number of H-pyrrole nitrogens is 1. The Morgan fingerprint density at radius 1 is 1.03 bits per heavy atom. The number of halogens is 1. The van der Waals surface area contributed by atoms with E-state index in [4.69, 9.17) is 16.3 Å². The molecule has 2 aromatic carbocycles. The number of nitrogens with zero attached hydrogens (tertiary/aromatic N) is 3. The van der Waals surface area contributed by atoms with Gasteiger partial charge in [0.15, 0.2) is 5.43 Å². The molecule has 8 nitrogen and oxygen atoms in total. The average Bonchev–Trinajstić information content (AvgIpc) is 2.86. The first-order valence-electron chi connectivity index (χ1n) is 10.6. The largest absolute Gasteiger partial charge is 0.496 e. The molecule has 9 heteroatoms. The summed E-state index contributed by atoms with van der Waals surface area (Å²) in [6.45, 7) is 1.86. The maximum Gasteiger partial charge on any atom is 0.267 e. The number of benzene rings is 2. The fourth-order valence-corrected chi connectivity index (χ4v) is 4.58. The van der Waals surface area contributed by atoms with E-state index in [0.717, 1.165) is 0 Å². The smallest absolute Gasteiger partial charge is 0.267 e. The fourth-order valence-electron chi connectivity index (χ4n) is 4.17. The second-order valence-electron chi connectivity index (χ2n) is 7.71. The molecule has 0 bridgehead atoms. The van der Waals surface area contributed by atoms with Gasteiger partial charge in [-0.3, -0.25) is 14.2 Å². The number of pyridine rings is 2. The van der Waals surface area contributed by atoms with Crippen LogP contribution in [0.5, 0.6) is 5.75 Å². The highest BCUT2D eigenvalue weighted by Crippen LogP contribution is 2.35. The van der Waals surface area contributed by atoms with Crippen molar-refractivity contribution in [3.63, 3.8) is 0 Å². The molecule has 5 aromatic rings. The van der Waals surface area contributed by atoms with Crippen LogP contribution in [0.2, 0.25) is 5.02 Å². The summed E-state index contributed by atoms with van der Waals surface area (Å²) in [5.74, 6) is 0.780. The maximum absolute atomic E-state index is 13.8. The molecule has 5 rings (SSSR count). The number of ether oxygens (including phenoxy) is 1. The molecular weight excluding hydrogens is 454 g/mol. The Balaban J connectivity index is 1.78. The Hall–Kier alpha value is -4.17. The Bertz CT molecular complexity index is 1640. The van der Waals surface area contributed by atoms with Crippen LogP contribution in [0, 0.1) is 0 Å². The molecule has 0 aliphatic rings. The van der Waals surface area contributed by atoms with E-state index in [1.54, 1.807) is 22.8 Å². The fraction of sp³-hybridized carbons (Fsp3) is 0.120. The molecular formula is C25H20ClN5O3. The maximum atomic E-state index is 13.8. The lowest BCUT2D eigenvalue weighted by Gasteiger charge is -2.23. The Kier molecular flexibility index (Phi) is 5.51. The standard InChI is InChI=1S/C25H20ClN5O3/c1-14(30-24-20-17(32)11-12-27-23(20)28-13-29-24)22-21(26)16-9-6-10-18(34-2)19(16)25(33)31(22)15-7-4-3-5-8-15/h3-14H,1-2H3,(H2,27,28,29,30,32)/t14-/m0/s1. The summed E-state index contributed by atoms with van der Waals surface area (Å²) in [6.07, 6.45) is 2.90. The predicted octanol–water partition coefficient (Wildman–Crippen LogP) is 4.46. The summed E-state index contributed by atoms with van der Waals surface area (Å²) in [5, 5.41) is 4.95. The van der Waals surface area contributed by atoms with Crippen LogP contribution in [-0.2, 0) is 0 Å². The molecule has 3 heterocycles. The lowest BCUT2D eigenvalue weighted by Crippen LogP contribution is -2.27. The third kappa shape index (κ3) is 3.48. The SMILES string of the molecule is COc1cccc2c(Cl)c([C@H](C)Nc3ncnc4[nH]ccc(=O)c34)n(-c3ccccc3)c(=O)c12. The molecule has 1 atom stereocenters. The minimum absolute atomic E-state index is 0.223. The van der Waals surface area contributed by atoms with E-state index in [9.17, 15) is 9.59 Å². The Morgan fingerprint density at radius 2 is 1.82 bits per heavy atom. The predicted molar refractivity (Wildman–Crippen MR) is 133 cm³/mol. The van der Waals surface area contributed by atoms with Crippen LogP contribution in [0.3, 0.4) is 0 Å². The number of hydrogen-bond acceptors (Lipinski definition) is 6. The van der Waals surface area contributed by atoms with Gasteiger partial charge in [0.25, 0.3) is 5.56 Å². The second-order valence-corrected chi connectivity index (χ2v) is 8.09. The van der Waals surface area contributed by atoms with Crippen molar-refractivity contribution in [2.24, 2.45) is 0 Å².